The van der Waals surface area contributed by atoms with Crippen molar-refractivity contribution in [1.82, 2.24) is 0 Å². The molecule has 0 aromatic carbocycles. The quantitative estimate of drug-likeness (QED) is 0.599. The van der Waals surface area contributed by atoms with Crippen molar-refractivity contribution in [2.45, 2.75) is 26.4 Å². The lowest BCUT2D eigenvalue weighted by Gasteiger charge is -2.08. The standard InChI is InChI=1S/C8H18O2S/c1-3-10-7-8(9)5-6-11-4-2/h8-9H,3-7H2,1-2H3. The van der Waals surface area contributed by atoms with Crippen LogP contribution in [0.1, 0.15) is 20.3 Å². The molecule has 3 heteroatoms. The number of aliphatic hydroxyl groups excluding tert-OH is 1. The second-order valence-corrected chi connectivity index (χ2v) is 3.69. The van der Waals surface area contributed by atoms with Crippen LogP contribution in [0.15, 0.2) is 0 Å². The molecule has 0 spiro atoms. The molecule has 68 valence electrons. The highest BCUT2D eigenvalue weighted by molar-refractivity contribution is 7.99. The summed E-state index contributed by atoms with van der Waals surface area (Å²) in [6, 6.07) is 0. The van der Waals surface area contributed by atoms with Crippen molar-refractivity contribution in [3.05, 3.63) is 0 Å². The summed E-state index contributed by atoms with van der Waals surface area (Å²) in [6.45, 7) is 5.24. The van der Waals surface area contributed by atoms with E-state index in [1.54, 1.807) is 0 Å². The summed E-state index contributed by atoms with van der Waals surface area (Å²) in [7, 11) is 0. The van der Waals surface area contributed by atoms with Gasteiger partial charge in [-0.15, -0.1) is 0 Å². The van der Waals surface area contributed by atoms with Gasteiger partial charge in [0.05, 0.1) is 12.7 Å². The molecule has 0 fully saturated rings. The third-order valence-corrected chi connectivity index (χ3v) is 2.25. The molecular weight excluding hydrogens is 160 g/mol. The first kappa shape index (κ1) is 11.3. The lowest BCUT2D eigenvalue weighted by Crippen LogP contribution is -2.15. The molecule has 0 radical (unpaired) electrons. The molecule has 0 bridgehead atoms. The Morgan fingerprint density at radius 1 is 1.45 bits per heavy atom. The molecule has 0 aliphatic rings. The molecule has 1 atom stereocenters. The van der Waals surface area contributed by atoms with Crippen molar-refractivity contribution in [2.24, 2.45) is 0 Å². The Hall–Kier alpha value is 0.270. The lowest BCUT2D eigenvalue weighted by atomic mass is 10.3. The number of hydrogen-bond acceptors (Lipinski definition) is 3. The summed E-state index contributed by atoms with van der Waals surface area (Å²) in [5.74, 6) is 2.16. The Morgan fingerprint density at radius 3 is 2.73 bits per heavy atom. The number of thioether (sulfide) groups is 1. The molecule has 0 aliphatic carbocycles. The largest absolute Gasteiger partial charge is 0.391 e. The van der Waals surface area contributed by atoms with Crippen molar-refractivity contribution in [1.29, 1.82) is 0 Å². The highest BCUT2D eigenvalue weighted by Gasteiger charge is 2.02. The van der Waals surface area contributed by atoms with E-state index in [9.17, 15) is 5.11 Å². The van der Waals surface area contributed by atoms with Gasteiger partial charge >= 0.3 is 0 Å². The van der Waals surface area contributed by atoms with Crippen LogP contribution in [0.5, 0.6) is 0 Å². The second-order valence-electron chi connectivity index (χ2n) is 2.30. The summed E-state index contributed by atoms with van der Waals surface area (Å²) in [5.41, 5.74) is 0. The molecule has 1 unspecified atom stereocenters. The van der Waals surface area contributed by atoms with E-state index in [0.29, 0.717) is 13.2 Å². The first-order chi connectivity index (χ1) is 5.31. The van der Waals surface area contributed by atoms with Crippen LogP contribution in [0.25, 0.3) is 0 Å². The van der Waals surface area contributed by atoms with Crippen LogP contribution in [-0.2, 0) is 4.74 Å². The van der Waals surface area contributed by atoms with Crippen molar-refractivity contribution in [3.63, 3.8) is 0 Å². The zero-order valence-corrected chi connectivity index (χ0v) is 8.19. The van der Waals surface area contributed by atoms with Crippen molar-refractivity contribution in [3.8, 4) is 0 Å². The zero-order valence-electron chi connectivity index (χ0n) is 7.38. The van der Waals surface area contributed by atoms with Gasteiger partial charge in [0.15, 0.2) is 0 Å². The van der Waals surface area contributed by atoms with Gasteiger partial charge in [0.25, 0.3) is 0 Å². The highest BCUT2D eigenvalue weighted by Crippen LogP contribution is 2.03. The summed E-state index contributed by atoms with van der Waals surface area (Å²) in [4.78, 5) is 0. The minimum Gasteiger partial charge on any atom is -0.391 e. The van der Waals surface area contributed by atoms with E-state index >= 15 is 0 Å². The maximum atomic E-state index is 9.27. The number of rotatable bonds is 7. The summed E-state index contributed by atoms with van der Waals surface area (Å²) in [5, 5.41) is 9.27. The monoisotopic (exact) mass is 178 g/mol. The number of aliphatic hydroxyl groups is 1. The van der Waals surface area contributed by atoms with Crippen molar-refractivity contribution in [2.75, 3.05) is 24.7 Å². The van der Waals surface area contributed by atoms with Gasteiger partial charge in [0.1, 0.15) is 0 Å². The molecule has 0 saturated heterocycles. The van der Waals surface area contributed by atoms with E-state index in [2.05, 4.69) is 6.92 Å². The molecule has 0 saturated carbocycles. The predicted octanol–water partition coefficient (Wildman–Crippen LogP) is 1.53. The fourth-order valence-electron chi connectivity index (χ4n) is 0.701. The van der Waals surface area contributed by atoms with E-state index in [0.717, 1.165) is 17.9 Å². The first-order valence-corrected chi connectivity index (χ1v) is 5.30. The molecule has 0 amide bonds. The van der Waals surface area contributed by atoms with Crippen LogP contribution < -0.4 is 0 Å². The Morgan fingerprint density at radius 2 is 2.18 bits per heavy atom. The van der Waals surface area contributed by atoms with Gasteiger partial charge in [-0.3, -0.25) is 0 Å². The third kappa shape index (κ3) is 8.17. The Labute approximate surface area is 73.3 Å². The molecule has 0 aromatic heterocycles. The molecule has 0 aromatic rings. The average molecular weight is 178 g/mol. The zero-order chi connectivity index (χ0) is 8.53. The van der Waals surface area contributed by atoms with E-state index in [-0.39, 0.29) is 6.10 Å². The van der Waals surface area contributed by atoms with Gasteiger partial charge < -0.3 is 9.84 Å². The normalized spacial score (nSPS) is 13.4. The summed E-state index contributed by atoms with van der Waals surface area (Å²) < 4.78 is 5.07. The number of hydrogen-bond donors (Lipinski definition) is 1. The maximum absolute atomic E-state index is 9.27. The molecule has 2 nitrogen and oxygen atoms in total. The third-order valence-electron chi connectivity index (χ3n) is 1.31. The van der Waals surface area contributed by atoms with E-state index < -0.39 is 0 Å². The van der Waals surface area contributed by atoms with Gasteiger partial charge in [-0.05, 0) is 24.9 Å². The van der Waals surface area contributed by atoms with Crippen LogP contribution >= 0.6 is 11.8 Å². The Kier molecular flexibility index (Phi) is 8.57. The minimum absolute atomic E-state index is 0.269. The second kappa shape index (κ2) is 8.37. The SMILES string of the molecule is CCOCC(O)CCSCC. The van der Waals surface area contributed by atoms with Gasteiger partial charge in [-0.2, -0.15) is 11.8 Å². The molecular formula is C8H18O2S. The van der Waals surface area contributed by atoms with Gasteiger partial charge in [0, 0.05) is 6.61 Å². The molecule has 11 heavy (non-hydrogen) atoms. The molecule has 1 N–H and O–H groups in total. The number of ether oxygens (including phenoxy) is 1. The molecule has 0 heterocycles. The minimum atomic E-state index is -0.269. The van der Waals surface area contributed by atoms with E-state index in [4.69, 9.17) is 4.74 Å². The van der Waals surface area contributed by atoms with Crippen LogP contribution in [-0.4, -0.2) is 35.9 Å². The van der Waals surface area contributed by atoms with Crippen molar-refractivity contribution < 1.29 is 9.84 Å². The van der Waals surface area contributed by atoms with Crippen molar-refractivity contribution >= 4 is 11.8 Å². The van der Waals surface area contributed by atoms with E-state index in [1.807, 2.05) is 18.7 Å². The van der Waals surface area contributed by atoms with Gasteiger partial charge in [-0.1, -0.05) is 6.92 Å². The smallest absolute Gasteiger partial charge is 0.0781 e. The predicted molar refractivity (Wildman–Crippen MR) is 50.1 cm³/mol. The fourth-order valence-corrected chi connectivity index (χ4v) is 1.43. The van der Waals surface area contributed by atoms with Crippen LogP contribution in [0.3, 0.4) is 0 Å². The molecule has 0 rings (SSSR count). The lowest BCUT2D eigenvalue weighted by molar-refractivity contribution is 0.0415. The maximum Gasteiger partial charge on any atom is 0.0781 e. The first-order valence-electron chi connectivity index (χ1n) is 4.14. The molecule has 0 aliphatic heterocycles. The topological polar surface area (TPSA) is 29.5 Å². The Bertz CT molecular complexity index is 78.5. The van der Waals surface area contributed by atoms with E-state index in [1.165, 1.54) is 0 Å². The van der Waals surface area contributed by atoms with Crippen LogP contribution in [0, 0.1) is 0 Å². The van der Waals surface area contributed by atoms with Gasteiger partial charge in [-0.25, -0.2) is 0 Å². The fraction of sp³-hybridized carbons (Fsp3) is 1.00. The van der Waals surface area contributed by atoms with Crippen LogP contribution in [0.2, 0.25) is 0 Å². The summed E-state index contributed by atoms with van der Waals surface area (Å²) >= 11 is 1.85. The highest BCUT2D eigenvalue weighted by atomic mass is 32.2. The Balaban J connectivity index is 3.02. The van der Waals surface area contributed by atoms with Crippen LogP contribution in [0.4, 0.5) is 0 Å². The average Bonchev–Trinajstić information content (AvgIpc) is 2.01. The summed E-state index contributed by atoms with van der Waals surface area (Å²) in [6.07, 6.45) is 0.576. The van der Waals surface area contributed by atoms with Gasteiger partial charge in [0.2, 0.25) is 0 Å².